The quantitative estimate of drug-likeness (QED) is 0.840. The van der Waals surface area contributed by atoms with Crippen LogP contribution in [0.3, 0.4) is 0 Å². The van der Waals surface area contributed by atoms with Crippen LogP contribution in [0.15, 0.2) is 54.6 Å². The summed E-state index contributed by atoms with van der Waals surface area (Å²) < 4.78 is 5.05. The van der Waals surface area contributed by atoms with E-state index in [0.29, 0.717) is 23.3 Å². The minimum absolute atomic E-state index is 0.460. The molecule has 4 heteroatoms. The molecular weight excluding hydrogens is 230 g/mol. The average Bonchev–Trinajstić information content (AvgIpc) is 2.40. The number of carbonyl (C=O) groups is 2. The number of anilines is 1. The maximum atomic E-state index is 11.6. The van der Waals surface area contributed by atoms with Crippen molar-refractivity contribution >= 4 is 18.1 Å². The van der Waals surface area contributed by atoms with Crippen LogP contribution in [-0.4, -0.2) is 12.4 Å². The number of benzene rings is 2. The van der Waals surface area contributed by atoms with Crippen LogP contribution in [0.4, 0.5) is 10.5 Å². The number of ether oxygens (including phenoxy) is 1. The van der Waals surface area contributed by atoms with Crippen LogP contribution in [0, 0.1) is 0 Å². The fourth-order valence-corrected chi connectivity index (χ4v) is 1.43. The summed E-state index contributed by atoms with van der Waals surface area (Å²) in [7, 11) is 0. The molecule has 90 valence electrons. The van der Waals surface area contributed by atoms with Gasteiger partial charge >= 0.3 is 6.09 Å². The molecule has 0 aliphatic heterocycles. The normalized spacial score (nSPS) is 9.56. The Hall–Kier alpha value is -2.62. The summed E-state index contributed by atoms with van der Waals surface area (Å²) in [5, 5.41) is 2.55. The van der Waals surface area contributed by atoms with Crippen molar-refractivity contribution in [1.29, 1.82) is 0 Å². The molecule has 0 unspecified atom stereocenters. The van der Waals surface area contributed by atoms with Gasteiger partial charge in [0.05, 0.1) is 0 Å². The van der Waals surface area contributed by atoms with Gasteiger partial charge in [-0.05, 0) is 24.3 Å². The second-order valence-electron chi connectivity index (χ2n) is 3.57. The molecule has 1 N–H and O–H groups in total. The van der Waals surface area contributed by atoms with Crippen LogP contribution < -0.4 is 10.1 Å². The SMILES string of the molecule is O=Cc1cccc(NC(=O)Oc2ccccc2)c1. The second kappa shape index (κ2) is 5.63. The lowest BCUT2D eigenvalue weighted by molar-refractivity contribution is 0.112. The van der Waals surface area contributed by atoms with Gasteiger partial charge in [-0.1, -0.05) is 30.3 Å². The van der Waals surface area contributed by atoms with E-state index in [0.717, 1.165) is 0 Å². The zero-order chi connectivity index (χ0) is 12.8. The monoisotopic (exact) mass is 241 g/mol. The summed E-state index contributed by atoms with van der Waals surface area (Å²) in [5.41, 5.74) is 1.01. The number of hydrogen-bond acceptors (Lipinski definition) is 3. The Morgan fingerprint density at radius 1 is 1.06 bits per heavy atom. The highest BCUT2D eigenvalue weighted by atomic mass is 16.6. The van der Waals surface area contributed by atoms with Crippen molar-refractivity contribution in [3.63, 3.8) is 0 Å². The average molecular weight is 241 g/mol. The summed E-state index contributed by atoms with van der Waals surface area (Å²) in [6.45, 7) is 0. The van der Waals surface area contributed by atoms with E-state index in [1.54, 1.807) is 48.5 Å². The third-order valence-electron chi connectivity index (χ3n) is 2.22. The number of para-hydroxylation sites is 1. The highest BCUT2D eigenvalue weighted by Gasteiger charge is 2.04. The van der Waals surface area contributed by atoms with Crippen LogP contribution in [0.2, 0.25) is 0 Å². The van der Waals surface area contributed by atoms with E-state index in [-0.39, 0.29) is 0 Å². The third-order valence-corrected chi connectivity index (χ3v) is 2.22. The number of carbonyl (C=O) groups excluding carboxylic acids is 2. The standard InChI is InChI=1S/C14H11NO3/c16-10-11-5-4-6-12(9-11)15-14(17)18-13-7-2-1-3-8-13/h1-10H,(H,15,17). The van der Waals surface area contributed by atoms with E-state index < -0.39 is 6.09 Å². The smallest absolute Gasteiger partial charge is 0.410 e. The summed E-state index contributed by atoms with van der Waals surface area (Å²) in [6.07, 6.45) is 0.123. The first-order valence-corrected chi connectivity index (χ1v) is 5.37. The van der Waals surface area contributed by atoms with Crippen molar-refractivity contribution in [2.45, 2.75) is 0 Å². The van der Waals surface area contributed by atoms with Gasteiger partial charge in [-0.2, -0.15) is 0 Å². The van der Waals surface area contributed by atoms with Crippen molar-refractivity contribution < 1.29 is 14.3 Å². The van der Waals surface area contributed by atoms with Crippen LogP contribution in [0.1, 0.15) is 10.4 Å². The predicted octanol–water partition coefficient (Wildman–Crippen LogP) is 3.11. The van der Waals surface area contributed by atoms with Crippen molar-refractivity contribution in [1.82, 2.24) is 0 Å². The molecule has 0 saturated carbocycles. The largest absolute Gasteiger partial charge is 0.417 e. The van der Waals surface area contributed by atoms with Crippen LogP contribution in [0.5, 0.6) is 5.75 Å². The zero-order valence-corrected chi connectivity index (χ0v) is 9.50. The summed E-state index contributed by atoms with van der Waals surface area (Å²) in [6, 6.07) is 15.3. The number of nitrogens with one attached hydrogen (secondary N) is 1. The Labute approximate surface area is 104 Å². The van der Waals surface area contributed by atoms with E-state index in [2.05, 4.69) is 5.32 Å². The van der Waals surface area contributed by atoms with Gasteiger partial charge in [-0.15, -0.1) is 0 Å². The predicted molar refractivity (Wildman–Crippen MR) is 67.9 cm³/mol. The van der Waals surface area contributed by atoms with Gasteiger partial charge in [-0.3, -0.25) is 10.1 Å². The molecule has 0 bridgehead atoms. The number of rotatable bonds is 3. The first-order chi connectivity index (χ1) is 8.78. The molecule has 1 amide bonds. The molecule has 0 heterocycles. The molecule has 0 aliphatic rings. The molecule has 2 aromatic rings. The first-order valence-electron chi connectivity index (χ1n) is 5.37. The molecule has 18 heavy (non-hydrogen) atoms. The van der Waals surface area contributed by atoms with Crippen molar-refractivity contribution in [2.75, 3.05) is 5.32 Å². The van der Waals surface area contributed by atoms with Gasteiger partial charge in [-0.25, -0.2) is 4.79 Å². The van der Waals surface area contributed by atoms with Crippen LogP contribution in [-0.2, 0) is 0 Å². The van der Waals surface area contributed by atoms with E-state index in [1.807, 2.05) is 6.07 Å². The van der Waals surface area contributed by atoms with Crippen LogP contribution in [0.25, 0.3) is 0 Å². The van der Waals surface area contributed by atoms with E-state index in [1.165, 1.54) is 0 Å². The number of amides is 1. The van der Waals surface area contributed by atoms with Crippen molar-refractivity contribution in [3.8, 4) is 5.75 Å². The van der Waals surface area contributed by atoms with Gasteiger partial charge in [0.2, 0.25) is 0 Å². The van der Waals surface area contributed by atoms with Crippen molar-refractivity contribution in [3.05, 3.63) is 60.2 Å². The Morgan fingerprint density at radius 2 is 1.83 bits per heavy atom. The highest BCUT2D eigenvalue weighted by Crippen LogP contribution is 2.12. The first kappa shape index (κ1) is 11.9. The Balaban J connectivity index is 2.01. The topological polar surface area (TPSA) is 55.4 Å². The fourth-order valence-electron chi connectivity index (χ4n) is 1.43. The minimum atomic E-state index is -0.593. The lowest BCUT2D eigenvalue weighted by Crippen LogP contribution is -2.16. The maximum Gasteiger partial charge on any atom is 0.417 e. The van der Waals surface area contributed by atoms with E-state index >= 15 is 0 Å². The molecule has 2 aromatic carbocycles. The zero-order valence-electron chi connectivity index (χ0n) is 9.50. The molecule has 0 radical (unpaired) electrons. The molecule has 0 atom stereocenters. The lowest BCUT2D eigenvalue weighted by atomic mass is 10.2. The third kappa shape index (κ3) is 3.18. The number of hydrogen-bond donors (Lipinski definition) is 1. The molecule has 0 saturated heterocycles. The maximum absolute atomic E-state index is 11.6. The van der Waals surface area contributed by atoms with Gasteiger partial charge in [0.25, 0.3) is 0 Å². The van der Waals surface area contributed by atoms with Gasteiger partial charge < -0.3 is 4.74 Å². The van der Waals surface area contributed by atoms with E-state index in [9.17, 15) is 9.59 Å². The molecule has 4 nitrogen and oxygen atoms in total. The summed E-state index contributed by atoms with van der Waals surface area (Å²) >= 11 is 0. The summed E-state index contributed by atoms with van der Waals surface area (Å²) in [4.78, 5) is 22.2. The Morgan fingerprint density at radius 3 is 2.56 bits per heavy atom. The summed E-state index contributed by atoms with van der Waals surface area (Å²) in [5.74, 6) is 0.460. The van der Waals surface area contributed by atoms with Gasteiger partial charge in [0.1, 0.15) is 12.0 Å². The molecule has 0 aliphatic carbocycles. The van der Waals surface area contributed by atoms with Crippen LogP contribution >= 0.6 is 0 Å². The molecule has 0 aromatic heterocycles. The van der Waals surface area contributed by atoms with Crippen molar-refractivity contribution in [2.24, 2.45) is 0 Å². The van der Waals surface area contributed by atoms with Gasteiger partial charge in [0, 0.05) is 11.3 Å². The Kier molecular flexibility index (Phi) is 3.71. The number of aldehydes is 1. The molecule has 0 fully saturated rings. The van der Waals surface area contributed by atoms with E-state index in [4.69, 9.17) is 4.74 Å². The van der Waals surface area contributed by atoms with Gasteiger partial charge in [0.15, 0.2) is 0 Å². The Bertz CT molecular complexity index is 552. The highest BCUT2D eigenvalue weighted by molar-refractivity contribution is 5.88. The molecule has 0 spiro atoms. The fraction of sp³-hybridized carbons (Fsp3) is 0. The molecule has 2 rings (SSSR count). The molecular formula is C14H11NO3. The second-order valence-corrected chi connectivity index (χ2v) is 3.57. The lowest BCUT2D eigenvalue weighted by Gasteiger charge is -2.06. The minimum Gasteiger partial charge on any atom is -0.410 e.